The van der Waals surface area contributed by atoms with Crippen LogP contribution >= 0.6 is 15.9 Å². The molecule has 0 amide bonds. The van der Waals surface area contributed by atoms with E-state index in [0.717, 1.165) is 31.2 Å². The van der Waals surface area contributed by atoms with E-state index >= 15 is 0 Å². The van der Waals surface area contributed by atoms with Gasteiger partial charge in [0.2, 0.25) is 10.0 Å². The molecule has 3 nitrogen and oxygen atoms in total. The molecule has 1 aliphatic carbocycles. The molecular formula is C15H20BrNO2S. The second-order valence-electron chi connectivity index (χ2n) is 5.24. The van der Waals surface area contributed by atoms with Crippen LogP contribution in [0.2, 0.25) is 0 Å². The summed E-state index contributed by atoms with van der Waals surface area (Å²) in [6, 6.07) is 5.46. The lowest BCUT2D eigenvalue weighted by Crippen LogP contribution is -2.39. The van der Waals surface area contributed by atoms with Crippen molar-refractivity contribution in [3.63, 3.8) is 0 Å². The number of nitrogens with zero attached hydrogens (tertiary/aromatic N) is 1. The van der Waals surface area contributed by atoms with Crippen LogP contribution in [0.15, 0.2) is 40.2 Å². The predicted octanol–water partition coefficient (Wildman–Crippen LogP) is 3.88. The lowest BCUT2D eigenvalue weighted by molar-refractivity contribution is 0.347. The van der Waals surface area contributed by atoms with Gasteiger partial charge in [0.25, 0.3) is 0 Å². The number of sulfonamides is 1. The molecule has 20 heavy (non-hydrogen) atoms. The van der Waals surface area contributed by atoms with Crippen LogP contribution in [0.25, 0.3) is 0 Å². The van der Waals surface area contributed by atoms with Crippen molar-refractivity contribution in [2.45, 2.75) is 43.5 Å². The van der Waals surface area contributed by atoms with Crippen molar-refractivity contribution in [3.8, 4) is 0 Å². The van der Waals surface area contributed by atoms with Gasteiger partial charge in [-0.15, -0.1) is 6.58 Å². The molecule has 1 aliphatic rings. The minimum absolute atomic E-state index is 0.103. The van der Waals surface area contributed by atoms with Gasteiger partial charge in [-0.1, -0.05) is 25.0 Å². The van der Waals surface area contributed by atoms with Crippen LogP contribution in [0.4, 0.5) is 0 Å². The molecule has 0 N–H and O–H groups in total. The van der Waals surface area contributed by atoms with E-state index in [1.54, 1.807) is 16.4 Å². The van der Waals surface area contributed by atoms with Crippen molar-refractivity contribution in [1.29, 1.82) is 0 Å². The highest BCUT2D eigenvalue weighted by Crippen LogP contribution is 2.31. The highest BCUT2D eigenvalue weighted by Gasteiger charge is 2.33. The van der Waals surface area contributed by atoms with Gasteiger partial charge in [-0.3, -0.25) is 0 Å². The van der Waals surface area contributed by atoms with E-state index in [4.69, 9.17) is 0 Å². The Balaban J connectivity index is 2.41. The number of rotatable bonds is 5. The van der Waals surface area contributed by atoms with E-state index in [9.17, 15) is 8.42 Å². The molecule has 0 aliphatic heterocycles. The van der Waals surface area contributed by atoms with Gasteiger partial charge >= 0.3 is 0 Å². The zero-order valence-electron chi connectivity index (χ0n) is 11.7. The molecule has 5 heteroatoms. The van der Waals surface area contributed by atoms with Gasteiger partial charge in [-0.05, 0) is 53.4 Å². The molecule has 1 fully saturated rings. The first-order valence-electron chi connectivity index (χ1n) is 6.85. The van der Waals surface area contributed by atoms with Gasteiger partial charge < -0.3 is 0 Å². The summed E-state index contributed by atoms with van der Waals surface area (Å²) in [5, 5.41) is 0. The summed E-state index contributed by atoms with van der Waals surface area (Å²) in [5.74, 6) is 0. The second-order valence-corrected chi connectivity index (χ2v) is 7.95. The fourth-order valence-electron chi connectivity index (χ4n) is 2.70. The average Bonchev–Trinajstić information content (AvgIpc) is 2.88. The van der Waals surface area contributed by atoms with Crippen LogP contribution in [-0.4, -0.2) is 25.3 Å². The van der Waals surface area contributed by atoms with E-state index < -0.39 is 10.0 Å². The third-order valence-electron chi connectivity index (χ3n) is 3.72. The predicted molar refractivity (Wildman–Crippen MR) is 85.2 cm³/mol. The van der Waals surface area contributed by atoms with Crippen molar-refractivity contribution < 1.29 is 8.42 Å². The Hall–Kier alpha value is -0.650. The number of aryl methyl sites for hydroxylation is 1. The van der Waals surface area contributed by atoms with Crippen LogP contribution < -0.4 is 0 Å². The number of hydrogen-bond acceptors (Lipinski definition) is 2. The molecule has 0 unspecified atom stereocenters. The molecule has 0 saturated heterocycles. The van der Waals surface area contributed by atoms with Crippen molar-refractivity contribution in [2.24, 2.45) is 0 Å². The van der Waals surface area contributed by atoms with Crippen LogP contribution in [0.1, 0.15) is 31.2 Å². The summed E-state index contributed by atoms with van der Waals surface area (Å²) in [7, 11) is -3.48. The maximum absolute atomic E-state index is 12.9. The normalized spacial score (nSPS) is 16.8. The molecule has 0 heterocycles. The number of benzene rings is 1. The van der Waals surface area contributed by atoms with Gasteiger partial charge in [-0.2, -0.15) is 4.31 Å². The zero-order valence-corrected chi connectivity index (χ0v) is 14.1. The van der Waals surface area contributed by atoms with Crippen LogP contribution in [-0.2, 0) is 10.0 Å². The summed E-state index contributed by atoms with van der Waals surface area (Å²) in [6.45, 7) is 6.01. The molecule has 1 aromatic carbocycles. The first kappa shape index (κ1) is 15.7. The maximum atomic E-state index is 12.9. The Morgan fingerprint density at radius 2 is 2.05 bits per heavy atom. The third kappa shape index (κ3) is 3.15. The van der Waals surface area contributed by atoms with E-state index in [2.05, 4.69) is 22.5 Å². The lowest BCUT2D eigenvalue weighted by Gasteiger charge is -2.27. The SMILES string of the molecule is C=CCN(C1CCCC1)S(=O)(=O)c1ccc(C)cc1Br. The number of hydrogen-bond donors (Lipinski definition) is 0. The first-order chi connectivity index (χ1) is 9.46. The van der Waals surface area contributed by atoms with Gasteiger partial charge in [0.15, 0.2) is 0 Å². The molecule has 1 aromatic rings. The Morgan fingerprint density at radius 1 is 1.40 bits per heavy atom. The molecule has 2 rings (SSSR count). The topological polar surface area (TPSA) is 37.4 Å². The lowest BCUT2D eigenvalue weighted by atomic mass is 10.2. The highest BCUT2D eigenvalue weighted by molar-refractivity contribution is 9.10. The van der Waals surface area contributed by atoms with Crippen molar-refractivity contribution >= 4 is 26.0 Å². The van der Waals surface area contributed by atoms with Gasteiger partial charge in [0.1, 0.15) is 0 Å². The van der Waals surface area contributed by atoms with Crippen molar-refractivity contribution in [2.75, 3.05) is 6.54 Å². The molecule has 0 radical (unpaired) electrons. The second kappa shape index (κ2) is 6.41. The van der Waals surface area contributed by atoms with Crippen molar-refractivity contribution in [1.82, 2.24) is 4.31 Å². The quantitative estimate of drug-likeness (QED) is 0.749. The summed E-state index contributed by atoms with van der Waals surface area (Å²) >= 11 is 3.38. The molecular weight excluding hydrogens is 338 g/mol. The standard InChI is InChI=1S/C15H20BrNO2S/c1-3-10-17(13-6-4-5-7-13)20(18,19)15-9-8-12(2)11-14(15)16/h3,8-9,11,13H,1,4-7,10H2,2H3. The summed E-state index contributed by atoms with van der Waals surface area (Å²) < 4.78 is 28.0. The molecule has 110 valence electrons. The largest absolute Gasteiger partial charge is 0.244 e. The number of halogens is 1. The molecule has 0 atom stereocenters. The minimum atomic E-state index is -3.48. The fourth-order valence-corrected chi connectivity index (χ4v) is 5.51. The average molecular weight is 358 g/mol. The summed E-state index contributed by atoms with van der Waals surface area (Å²) in [6.07, 6.45) is 5.75. The Bertz CT molecular complexity index is 592. The third-order valence-corrected chi connectivity index (χ3v) is 6.61. The first-order valence-corrected chi connectivity index (χ1v) is 9.09. The van der Waals surface area contributed by atoms with Crippen LogP contribution in [0.5, 0.6) is 0 Å². The fraction of sp³-hybridized carbons (Fsp3) is 0.467. The van der Waals surface area contributed by atoms with Crippen molar-refractivity contribution in [3.05, 3.63) is 40.9 Å². The summed E-state index contributed by atoms with van der Waals surface area (Å²) in [4.78, 5) is 0.344. The molecule has 1 saturated carbocycles. The Labute approximate surface area is 129 Å². The van der Waals surface area contributed by atoms with E-state index in [1.165, 1.54) is 0 Å². The van der Waals surface area contributed by atoms with Gasteiger partial charge in [0.05, 0.1) is 4.90 Å². The minimum Gasteiger partial charge on any atom is -0.207 e. The monoisotopic (exact) mass is 357 g/mol. The zero-order chi connectivity index (χ0) is 14.8. The molecule has 0 spiro atoms. The molecule has 0 aromatic heterocycles. The maximum Gasteiger partial charge on any atom is 0.244 e. The van der Waals surface area contributed by atoms with E-state index in [0.29, 0.717) is 15.9 Å². The highest BCUT2D eigenvalue weighted by atomic mass is 79.9. The summed E-state index contributed by atoms with van der Waals surface area (Å²) in [5.41, 5.74) is 1.03. The van der Waals surface area contributed by atoms with E-state index in [-0.39, 0.29) is 6.04 Å². The van der Waals surface area contributed by atoms with Gasteiger partial charge in [-0.25, -0.2) is 8.42 Å². The van der Waals surface area contributed by atoms with E-state index in [1.807, 2.05) is 19.1 Å². The molecule has 0 bridgehead atoms. The smallest absolute Gasteiger partial charge is 0.207 e. The Morgan fingerprint density at radius 3 is 2.60 bits per heavy atom. The Kier molecular flexibility index (Phi) is 5.04. The van der Waals surface area contributed by atoms with Gasteiger partial charge in [0, 0.05) is 17.1 Å². The van der Waals surface area contributed by atoms with Crippen LogP contribution in [0, 0.1) is 6.92 Å². The van der Waals surface area contributed by atoms with Crippen LogP contribution in [0.3, 0.4) is 0 Å².